The molecule has 8 rings (SSSR count). The number of hydrogen-bond donors (Lipinski definition) is 0. The molecule has 247 valence electrons. The summed E-state index contributed by atoms with van der Waals surface area (Å²) in [5, 5.41) is 7.74. The van der Waals surface area contributed by atoms with Gasteiger partial charge in [-0.15, -0.1) is 23.8 Å². The van der Waals surface area contributed by atoms with Crippen LogP contribution in [0.2, 0.25) is 17.3 Å². The van der Waals surface area contributed by atoms with Crippen molar-refractivity contribution in [2.24, 2.45) is 0 Å². The van der Waals surface area contributed by atoms with Gasteiger partial charge in [0, 0.05) is 32.4 Å². The van der Waals surface area contributed by atoms with Crippen LogP contribution in [0.4, 0.5) is 0 Å². The average Bonchev–Trinajstić information content (AvgIpc) is 3.48. The molecule has 0 N–H and O–H groups in total. The summed E-state index contributed by atoms with van der Waals surface area (Å²) in [4.78, 5) is 9.26. The molecule has 0 saturated heterocycles. The van der Waals surface area contributed by atoms with Crippen molar-refractivity contribution < 1.29 is 21.5 Å². The third-order valence-electron chi connectivity index (χ3n) is 9.05. The Hall–Kier alpha value is -3.67. The Balaban J connectivity index is 0.000000204. The van der Waals surface area contributed by atoms with E-state index < -0.39 is 19.2 Å². The molecular weight excluding hydrogens is 853 g/mol. The first-order chi connectivity index (χ1) is 23.4. The fourth-order valence-electron chi connectivity index (χ4n) is 6.64. The van der Waals surface area contributed by atoms with Crippen molar-refractivity contribution in [2.45, 2.75) is 50.9 Å². The van der Waals surface area contributed by atoms with Gasteiger partial charge in [-0.1, -0.05) is 78.9 Å². The van der Waals surface area contributed by atoms with Crippen molar-refractivity contribution in [1.82, 2.24) is 9.97 Å². The zero-order valence-electron chi connectivity index (χ0n) is 30.0. The van der Waals surface area contributed by atoms with Crippen LogP contribution in [-0.4, -0.2) is 23.2 Å². The van der Waals surface area contributed by atoms with Crippen molar-refractivity contribution in [3.63, 3.8) is 0 Å². The third-order valence-corrected chi connectivity index (χ3v) is 14.8. The number of aryl methyl sites for hydroxylation is 2. The maximum atomic E-state index is 8.45. The van der Waals surface area contributed by atoms with E-state index in [0.29, 0.717) is 0 Å². The average molecular weight is 895 g/mol. The number of fused-ring (bicyclic) bond motifs is 8. The summed E-state index contributed by atoms with van der Waals surface area (Å²) < 4.78 is 12.4. The van der Waals surface area contributed by atoms with E-state index in [2.05, 4.69) is 120 Å². The summed E-state index contributed by atoms with van der Waals surface area (Å²) in [5.41, 5.74) is 7.60. The number of nitrogens with zero attached hydrogens (tertiary/aromatic N) is 2. The van der Waals surface area contributed by atoms with E-state index >= 15 is 0 Å². The molecule has 0 saturated carbocycles. The number of hydrogen-bond acceptors (Lipinski definition) is 3. The minimum atomic E-state index is -1.77. The van der Waals surface area contributed by atoms with E-state index in [4.69, 9.17) is 1.37 Å². The molecule has 0 bridgehead atoms. The first-order valence-electron chi connectivity index (χ1n) is 17.0. The molecule has 0 aliphatic heterocycles. The number of benzene rings is 5. The van der Waals surface area contributed by atoms with Crippen LogP contribution in [0, 0.1) is 26.0 Å². The summed E-state index contributed by atoms with van der Waals surface area (Å²) in [6.45, 7) is 8.18. The van der Waals surface area contributed by atoms with Crippen LogP contribution >= 0.6 is 11.3 Å². The van der Waals surface area contributed by atoms with Crippen LogP contribution in [0.25, 0.3) is 64.2 Å². The molecule has 5 aromatic carbocycles. The van der Waals surface area contributed by atoms with Gasteiger partial charge in [0.15, 0.2) is 0 Å². The molecule has 8 aromatic rings. The van der Waals surface area contributed by atoms with Crippen molar-refractivity contribution >= 4 is 70.7 Å². The minimum Gasteiger partial charge on any atom is -0.305 e. The van der Waals surface area contributed by atoms with Crippen molar-refractivity contribution in [2.75, 3.05) is 0 Å². The Bertz CT molecular complexity index is 2490. The molecule has 0 fully saturated rings. The standard InChI is InChI=1S/C29H22NS.C15H18GeN.Ir/c1-17(2)19-13-14-30-26(16-19)23-9-6-10-24-27-21-8-5-4-7-20(21)25-15-18(3)11-12-22(25)29(27)31-28(23)24;1-12-10-15(13-8-6-5-7-9-13)17-11-14(12)16(2,3)4;/h4-8,10-17H,1-3H3;5-8,10-11H,1-4H3;/q2*-1;/i17D;;. The predicted molar refractivity (Wildman–Crippen MR) is 211 cm³/mol. The Morgan fingerprint density at radius 3 is 2.20 bits per heavy atom. The molecule has 3 aromatic heterocycles. The third kappa shape index (κ3) is 6.90. The quantitative estimate of drug-likeness (QED) is 0.0999. The minimum absolute atomic E-state index is 0. The van der Waals surface area contributed by atoms with E-state index in [1.165, 1.54) is 57.2 Å². The maximum Gasteiger partial charge on any atom is 0.0346 e. The van der Waals surface area contributed by atoms with E-state index in [-0.39, 0.29) is 20.1 Å². The van der Waals surface area contributed by atoms with Crippen molar-refractivity contribution in [3.05, 3.63) is 138 Å². The molecule has 2 nitrogen and oxygen atoms in total. The van der Waals surface area contributed by atoms with Crippen molar-refractivity contribution in [3.8, 4) is 22.5 Å². The topological polar surface area (TPSA) is 25.8 Å². The van der Waals surface area contributed by atoms with Crippen molar-refractivity contribution in [1.29, 1.82) is 0 Å². The van der Waals surface area contributed by atoms with Crippen LogP contribution in [-0.2, 0) is 20.1 Å². The number of pyridine rings is 2. The van der Waals surface area contributed by atoms with Crippen LogP contribution in [0.5, 0.6) is 0 Å². The fraction of sp³-hybridized carbons (Fsp3) is 0.182. The smallest absolute Gasteiger partial charge is 0.0346 e. The summed E-state index contributed by atoms with van der Waals surface area (Å²) >= 11 is 0.0559. The van der Waals surface area contributed by atoms with Gasteiger partial charge in [0.05, 0.1) is 0 Å². The van der Waals surface area contributed by atoms with Gasteiger partial charge in [0.2, 0.25) is 0 Å². The van der Waals surface area contributed by atoms with Crippen LogP contribution in [0.15, 0.2) is 109 Å². The molecule has 0 aliphatic carbocycles. The molecule has 0 aliphatic rings. The monoisotopic (exact) mass is 896 g/mol. The Morgan fingerprint density at radius 1 is 0.714 bits per heavy atom. The summed E-state index contributed by atoms with van der Waals surface area (Å²) in [6, 6.07) is 40.5. The maximum absolute atomic E-state index is 8.45. The van der Waals surface area contributed by atoms with E-state index in [1.54, 1.807) is 0 Å². The van der Waals surface area contributed by atoms with Gasteiger partial charge < -0.3 is 4.98 Å². The van der Waals surface area contributed by atoms with E-state index in [0.717, 1.165) is 28.1 Å². The largest absolute Gasteiger partial charge is 0.305 e. The molecule has 0 spiro atoms. The summed E-state index contributed by atoms with van der Waals surface area (Å²) in [6.07, 6.45) is 3.89. The van der Waals surface area contributed by atoms with Gasteiger partial charge in [-0.05, 0) is 56.2 Å². The normalized spacial score (nSPS) is 12.1. The molecule has 0 amide bonds. The van der Waals surface area contributed by atoms with E-state index in [9.17, 15) is 0 Å². The summed E-state index contributed by atoms with van der Waals surface area (Å²) in [5.74, 6) is 6.53. The Labute approximate surface area is 311 Å². The van der Waals surface area contributed by atoms with Gasteiger partial charge >= 0.3 is 106 Å². The second-order valence-electron chi connectivity index (χ2n) is 13.8. The number of rotatable bonds is 4. The van der Waals surface area contributed by atoms with Gasteiger partial charge in [0.1, 0.15) is 0 Å². The van der Waals surface area contributed by atoms with Gasteiger partial charge in [-0.3, -0.25) is 0 Å². The molecule has 5 heteroatoms. The molecule has 0 unspecified atom stereocenters. The van der Waals surface area contributed by atoms with Gasteiger partial charge in [-0.2, -0.15) is 11.3 Å². The van der Waals surface area contributed by atoms with Gasteiger partial charge in [-0.25, -0.2) is 0 Å². The first-order valence-corrected chi connectivity index (χ1v) is 24.7. The van der Waals surface area contributed by atoms with Crippen LogP contribution in [0.1, 0.15) is 37.8 Å². The van der Waals surface area contributed by atoms with Crippen LogP contribution < -0.4 is 4.40 Å². The second kappa shape index (κ2) is 14.3. The molecule has 0 atom stereocenters. The fourth-order valence-corrected chi connectivity index (χ4v) is 11.6. The second-order valence-corrected chi connectivity index (χ2v) is 25.4. The first kappa shape index (κ1) is 33.8. The molecule has 1 radical (unpaired) electrons. The Morgan fingerprint density at radius 2 is 1.49 bits per heavy atom. The zero-order valence-corrected chi connectivity index (χ0v) is 34.3. The molecular formula is C44H40GeIrN2S-2. The summed E-state index contributed by atoms with van der Waals surface area (Å²) in [7, 11) is 0. The van der Waals surface area contributed by atoms with E-state index in [1.807, 2.05) is 67.8 Å². The predicted octanol–water partition coefficient (Wildman–Crippen LogP) is 12.1. The zero-order chi connectivity index (χ0) is 34.5. The molecule has 3 heterocycles. The van der Waals surface area contributed by atoms with Gasteiger partial charge in [0.25, 0.3) is 0 Å². The molecule has 49 heavy (non-hydrogen) atoms. The number of aromatic nitrogens is 2. The Kier molecular flexibility index (Phi) is 9.86. The SMILES string of the molecule is Cc1cc(-c2[c-]cccc2)nc[c]1[Ge]([CH3])([CH3])[CH3].[2H]C(C)(C)c1ccnc(-c2[c-]ccc3c2sc2c4ccc(C)cc4c4ccccc4c32)c1.[Ir]. The number of thiophene rings is 1. The van der Waals surface area contributed by atoms with Crippen LogP contribution in [0.3, 0.4) is 0 Å².